The van der Waals surface area contributed by atoms with E-state index in [2.05, 4.69) is 6.92 Å². The maximum atomic E-state index is 5.34. The van der Waals surface area contributed by atoms with E-state index in [1.807, 2.05) is 0 Å². The van der Waals surface area contributed by atoms with Crippen LogP contribution in [0.2, 0.25) is 0 Å². The van der Waals surface area contributed by atoms with Crippen LogP contribution in [0.3, 0.4) is 0 Å². The Balaban J connectivity index is 2.08. The molecule has 0 bridgehead atoms. The van der Waals surface area contributed by atoms with E-state index in [4.69, 9.17) is 4.74 Å². The maximum absolute atomic E-state index is 5.34. The zero-order chi connectivity index (χ0) is 4.85. The largest absolute Gasteiger partial charge is 0.378 e. The Morgan fingerprint density at radius 2 is 2.43 bits per heavy atom. The minimum absolute atomic E-state index is 0.690. The van der Waals surface area contributed by atoms with Crippen molar-refractivity contribution >= 4 is 0 Å². The SMILES string of the molecule is CC1COC2CC12. The molecule has 1 aliphatic heterocycles. The van der Waals surface area contributed by atoms with Crippen LogP contribution in [0, 0.1) is 11.8 Å². The third-order valence-corrected chi connectivity index (χ3v) is 2.08. The van der Waals surface area contributed by atoms with Gasteiger partial charge in [-0.15, -0.1) is 0 Å². The first-order valence-corrected chi connectivity index (χ1v) is 2.99. The molecule has 2 aliphatic rings. The molecule has 0 aromatic heterocycles. The summed E-state index contributed by atoms with van der Waals surface area (Å²) in [6.07, 6.45) is 2.04. The Morgan fingerprint density at radius 1 is 1.57 bits per heavy atom. The maximum Gasteiger partial charge on any atom is 0.0611 e. The van der Waals surface area contributed by atoms with Gasteiger partial charge in [-0.25, -0.2) is 0 Å². The van der Waals surface area contributed by atoms with Gasteiger partial charge in [0.05, 0.1) is 6.10 Å². The van der Waals surface area contributed by atoms with E-state index >= 15 is 0 Å². The van der Waals surface area contributed by atoms with Crippen LogP contribution in [-0.4, -0.2) is 12.7 Å². The first-order valence-electron chi connectivity index (χ1n) is 2.99. The molecular weight excluding hydrogens is 88.1 g/mol. The second kappa shape index (κ2) is 1.03. The lowest BCUT2D eigenvalue weighted by Gasteiger charge is -1.97. The van der Waals surface area contributed by atoms with E-state index in [9.17, 15) is 0 Å². The highest BCUT2D eigenvalue weighted by atomic mass is 16.5. The zero-order valence-electron chi connectivity index (χ0n) is 4.55. The molecule has 1 heterocycles. The number of rotatable bonds is 0. The molecule has 0 aromatic carbocycles. The highest BCUT2D eigenvalue weighted by molar-refractivity contribution is 4.95. The standard InChI is InChI=1S/C6H10O/c1-4-3-7-6-2-5(4)6/h4-6H,2-3H2,1H3. The molecule has 0 aromatic rings. The van der Waals surface area contributed by atoms with Gasteiger partial charge in [0, 0.05) is 6.61 Å². The fraction of sp³-hybridized carbons (Fsp3) is 1.00. The Morgan fingerprint density at radius 3 is 2.57 bits per heavy atom. The average molecular weight is 98.1 g/mol. The van der Waals surface area contributed by atoms with Crippen molar-refractivity contribution in [3.8, 4) is 0 Å². The Kier molecular flexibility index (Phi) is 0.571. The molecule has 40 valence electrons. The highest BCUT2D eigenvalue weighted by Crippen LogP contribution is 2.45. The van der Waals surface area contributed by atoms with Gasteiger partial charge >= 0.3 is 0 Å². The first-order chi connectivity index (χ1) is 3.38. The van der Waals surface area contributed by atoms with Crippen LogP contribution in [0.5, 0.6) is 0 Å². The van der Waals surface area contributed by atoms with E-state index < -0.39 is 0 Å². The van der Waals surface area contributed by atoms with Crippen LogP contribution < -0.4 is 0 Å². The Hall–Kier alpha value is -0.0400. The van der Waals surface area contributed by atoms with Crippen molar-refractivity contribution in [2.24, 2.45) is 11.8 Å². The summed E-state index contributed by atoms with van der Waals surface area (Å²) in [7, 11) is 0. The molecule has 0 radical (unpaired) electrons. The molecule has 1 saturated heterocycles. The number of hydrogen-bond donors (Lipinski definition) is 0. The van der Waals surface area contributed by atoms with E-state index in [1.165, 1.54) is 6.42 Å². The van der Waals surface area contributed by atoms with Gasteiger partial charge in [0.15, 0.2) is 0 Å². The molecule has 0 N–H and O–H groups in total. The molecule has 2 rings (SSSR count). The Labute approximate surface area is 43.7 Å². The zero-order valence-corrected chi connectivity index (χ0v) is 4.55. The lowest BCUT2D eigenvalue weighted by atomic mass is 10.1. The van der Waals surface area contributed by atoms with Crippen molar-refractivity contribution in [3.05, 3.63) is 0 Å². The molecular formula is C6H10O. The average Bonchev–Trinajstić information content (AvgIpc) is 2.33. The van der Waals surface area contributed by atoms with Gasteiger partial charge in [0.1, 0.15) is 0 Å². The summed E-state index contributed by atoms with van der Waals surface area (Å²) in [6.45, 7) is 3.30. The van der Waals surface area contributed by atoms with Gasteiger partial charge in [0.25, 0.3) is 0 Å². The van der Waals surface area contributed by atoms with Gasteiger partial charge in [0.2, 0.25) is 0 Å². The van der Waals surface area contributed by atoms with Crippen molar-refractivity contribution < 1.29 is 4.74 Å². The van der Waals surface area contributed by atoms with E-state index in [0.29, 0.717) is 6.10 Å². The van der Waals surface area contributed by atoms with Crippen LogP contribution in [0.4, 0.5) is 0 Å². The number of hydrogen-bond acceptors (Lipinski definition) is 1. The van der Waals surface area contributed by atoms with E-state index in [1.54, 1.807) is 0 Å². The van der Waals surface area contributed by atoms with Crippen LogP contribution in [0.15, 0.2) is 0 Å². The van der Waals surface area contributed by atoms with Gasteiger partial charge < -0.3 is 4.74 Å². The monoisotopic (exact) mass is 98.1 g/mol. The minimum atomic E-state index is 0.690. The van der Waals surface area contributed by atoms with E-state index in [0.717, 1.165) is 18.4 Å². The van der Waals surface area contributed by atoms with Gasteiger partial charge in [-0.3, -0.25) is 0 Å². The van der Waals surface area contributed by atoms with E-state index in [-0.39, 0.29) is 0 Å². The van der Waals surface area contributed by atoms with Crippen LogP contribution >= 0.6 is 0 Å². The summed E-state index contributed by atoms with van der Waals surface area (Å²) >= 11 is 0. The second-order valence-electron chi connectivity index (χ2n) is 2.75. The molecule has 1 heteroatoms. The number of fused-ring (bicyclic) bond motifs is 1. The summed E-state index contributed by atoms with van der Waals surface area (Å²) in [4.78, 5) is 0. The van der Waals surface area contributed by atoms with Crippen molar-refractivity contribution in [3.63, 3.8) is 0 Å². The Bertz CT molecular complexity index is 90.2. The van der Waals surface area contributed by atoms with Crippen molar-refractivity contribution in [1.29, 1.82) is 0 Å². The lowest BCUT2D eigenvalue weighted by molar-refractivity contribution is 0.142. The quantitative estimate of drug-likeness (QED) is 0.440. The molecule has 3 unspecified atom stereocenters. The van der Waals surface area contributed by atoms with Gasteiger partial charge in [-0.1, -0.05) is 6.92 Å². The fourth-order valence-electron chi connectivity index (χ4n) is 1.38. The summed E-state index contributed by atoms with van der Waals surface area (Å²) in [6, 6.07) is 0. The third kappa shape index (κ3) is 0.418. The van der Waals surface area contributed by atoms with Gasteiger partial charge in [-0.2, -0.15) is 0 Å². The normalized spacial score (nSPS) is 57.0. The molecule has 2 fully saturated rings. The molecule has 0 spiro atoms. The summed E-state index contributed by atoms with van der Waals surface area (Å²) in [5.41, 5.74) is 0. The molecule has 1 saturated carbocycles. The van der Waals surface area contributed by atoms with Crippen LogP contribution in [0.1, 0.15) is 13.3 Å². The van der Waals surface area contributed by atoms with Gasteiger partial charge in [-0.05, 0) is 18.3 Å². The summed E-state index contributed by atoms with van der Waals surface area (Å²) in [5.74, 6) is 1.82. The summed E-state index contributed by atoms with van der Waals surface area (Å²) < 4.78 is 5.34. The van der Waals surface area contributed by atoms with Crippen molar-refractivity contribution in [1.82, 2.24) is 0 Å². The molecule has 0 amide bonds. The highest BCUT2D eigenvalue weighted by Gasteiger charge is 2.47. The lowest BCUT2D eigenvalue weighted by Crippen LogP contribution is -1.97. The molecule has 1 nitrogen and oxygen atoms in total. The van der Waals surface area contributed by atoms with Crippen molar-refractivity contribution in [2.75, 3.05) is 6.61 Å². The predicted molar refractivity (Wildman–Crippen MR) is 27.0 cm³/mol. The molecule has 7 heavy (non-hydrogen) atoms. The van der Waals surface area contributed by atoms with Crippen molar-refractivity contribution in [2.45, 2.75) is 19.4 Å². The molecule has 1 aliphatic carbocycles. The topological polar surface area (TPSA) is 9.23 Å². The predicted octanol–water partition coefficient (Wildman–Crippen LogP) is 1.04. The number of ether oxygens (including phenoxy) is 1. The molecule has 3 atom stereocenters. The smallest absolute Gasteiger partial charge is 0.0611 e. The fourth-order valence-corrected chi connectivity index (χ4v) is 1.38. The second-order valence-corrected chi connectivity index (χ2v) is 2.75. The first kappa shape index (κ1) is 3.90. The van der Waals surface area contributed by atoms with Crippen LogP contribution in [-0.2, 0) is 4.74 Å². The minimum Gasteiger partial charge on any atom is -0.378 e. The third-order valence-electron chi connectivity index (χ3n) is 2.08. The van der Waals surface area contributed by atoms with Crippen LogP contribution in [0.25, 0.3) is 0 Å². The summed E-state index contributed by atoms with van der Waals surface area (Å²) in [5, 5.41) is 0.